The SMILES string of the molecule is COc1ccccc1CN1CC(C(=O)NC2CCN(c3cc(C4CC4)[nH]n3)CC2)CC1=O. The predicted octanol–water partition coefficient (Wildman–Crippen LogP) is 2.43. The molecule has 1 unspecified atom stereocenters. The van der Waals surface area contributed by atoms with Gasteiger partial charge in [-0.1, -0.05) is 18.2 Å². The van der Waals surface area contributed by atoms with E-state index in [1.165, 1.54) is 18.5 Å². The fourth-order valence-electron chi connectivity index (χ4n) is 4.80. The van der Waals surface area contributed by atoms with Crippen molar-refractivity contribution in [1.29, 1.82) is 0 Å². The van der Waals surface area contributed by atoms with E-state index in [1.54, 1.807) is 12.0 Å². The molecule has 2 aromatic rings. The summed E-state index contributed by atoms with van der Waals surface area (Å²) in [7, 11) is 1.63. The molecule has 32 heavy (non-hydrogen) atoms. The Bertz CT molecular complexity index is 978. The molecular formula is C24H31N5O3. The van der Waals surface area contributed by atoms with E-state index in [0.717, 1.165) is 43.1 Å². The Hall–Kier alpha value is -3.03. The molecule has 2 amide bonds. The van der Waals surface area contributed by atoms with Gasteiger partial charge in [-0.05, 0) is 31.7 Å². The van der Waals surface area contributed by atoms with Gasteiger partial charge in [0, 0.05) is 61.9 Å². The Kier molecular flexibility index (Phi) is 5.76. The van der Waals surface area contributed by atoms with Crippen LogP contribution >= 0.6 is 0 Å². The molecule has 170 valence electrons. The lowest BCUT2D eigenvalue weighted by Crippen LogP contribution is -2.46. The van der Waals surface area contributed by atoms with Gasteiger partial charge in [0.15, 0.2) is 5.82 Å². The van der Waals surface area contributed by atoms with Gasteiger partial charge in [-0.15, -0.1) is 0 Å². The van der Waals surface area contributed by atoms with Gasteiger partial charge in [0.2, 0.25) is 11.8 Å². The number of ether oxygens (including phenoxy) is 1. The van der Waals surface area contributed by atoms with Crippen LogP contribution in [0.2, 0.25) is 0 Å². The standard InChI is InChI=1S/C24H31N5O3/c1-32-21-5-3-2-4-17(21)14-29-15-18(12-23(29)30)24(31)25-19-8-10-28(11-9-19)22-13-20(26-27-22)16-6-7-16/h2-5,13,16,18-19H,6-12,14-15H2,1H3,(H,25,31)(H,26,27). The van der Waals surface area contributed by atoms with E-state index in [0.29, 0.717) is 19.0 Å². The fraction of sp³-hybridized carbons (Fsp3) is 0.542. The number of rotatable bonds is 7. The summed E-state index contributed by atoms with van der Waals surface area (Å²) >= 11 is 0. The summed E-state index contributed by atoms with van der Waals surface area (Å²) in [5.74, 6) is 2.18. The molecule has 0 spiro atoms. The third-order valence-corrected chi connectivity index (χ3v) is 6.91. The number of benzene rings is 1. The molecule has 3 heterocycles. The fourth-order valence-corrected chi connectivity index (χ4v) is 4.80. The van der Waals surface area contributed by atoms with Gasteiger partial charge >= 0.3 is 0 Å². The second kappa shape index (κ2) is 8.84. The van der Waals surface area contributed by atoms with E-state index in [2.05, 4.69) is 26.5 Å². The van der Waals surface area contributed by atoms with Gasteiger partial charge in [-0.25, -0.2) is 0 Å². The highest BCUT2D eigenvalue weighted by Gasteiger charge is 2.36. The summed E-state index contributed by atoms with van der Waals surface area (Å²) in [6.07, 6.45) is 4.58. The first-order valence-corrected chi connectivity index (χ1v) is 11.6. The van der Waals surface area contributed by atoms with Gasteiger partial charge in [0.05, 0.1) is 13.0 Å². The van der Waals surface area contributed by atoms with E-state index in [4.69, 9.17) is 4.74 Å². The molecule has 8 heteroatoms. The molecule has 0 radical (unpaired) electrons. The smallest absolute Gasteiger partial charge is 0.225 e. The minimum absolute atomic E-state index is 0.00452. The Labute approximate surface area is 188 Å². The van der Waals surface area contributed by atoms with E-state index >= 15 is 0 Å². The number of anilines is 1. The van der Waals surface area contributed by atoms with Crippen LogP contribution in [0.15, 0.2) is 30.3 Å². The van der Waals surface area contributed by atoms with Crippen molar-refractivity contribution in [3.8, 4) is 5.75 Å². The van der Waals surface area contributed by atoms with Crippen LogP contribution in [0.1, 0.15) is 49.3 Å². The Morgan fingerprint density at radius 2 is 2.00 bits per heavy atom. The maximum atomic E-state index is 12.9. The van der Waals surface area contributed by atoms with Crippen molar-refractivity contribution in [3.05, 3.63) is 41.6 Å². The average molecular weight is 438 g/mol. The number of hydrogen-bond acceptors (Lipinski definition) is 5. The molecule has 8 nitrogen and oxygen atoms in total. The number of para-hydroxylation sites is 1. The van der Waals surface area contributed by atoms with Crippen molar-refractivity contribution < 1.29 is 14.3 Å². The second-order valence-corrected chi connectivity index (χ2v) is 9.21. The van der Waals surface area contributed by atoms with Crippen molar-refractivity contribution in [2.75, 3.05) is 31.6 Å². The molecule has 1 aromatic heterocycles. The van der Waals surface area contributed by atoms with Crippen LogP contribution in [0.5, 0.6) is 5.75 Å². The van der Waals surface area contributed by atoms with Crippen molar-refractivity contribution in [1.82, 2.24) is 20.4 Å². The van der Waals surface area contributed by atoms with E-state index in [-0.39, 0.29) is 30.2 Å². The maximum absolute atomic E-state index is 12.9. The normalized spacial score (nSPS) is 21.8. The summed E-state index contributed by atoms with van der Waals surface area (Å²) in [6.45, 7) is 2.68. The lowest BCUT2D eigenvalue weighted by molar-refractivity contribution is -0.129. The number of hydrogen-bond donors (Lipinski definition) is 2. The van der Waals surface area contributed by atoms with Crippen LogP contribution in [-0.2, 0) is 16.1 Å². The topological polar surface area (TPSA) is 90.6 Å². The minimum atomic E-state index is -0.289. The van der Waals surface area contributed by atoms with Gasteiger partial charge in [-0.3, -0.25) is 14.7 Å². The molecule has 2 aliphatic heterocycles. The highest BCUT2D eigenvalue weighted by Crippen LogP contribution is 2.40. The number of piperidine rings is 1. The molecule has 1 aliphatic carbocycles. The van der Waals surface area contributed by atoms with Crippen LogP contribution in [0.4, 0.5) is 5.82 Å². The third kappa shape index (κ3) is 4.45. The lowest BCUT2D eigenvalue weighted by atomic mass is 10.0. The van der Waals surface area contributed by atoms with Crippen LogP contribution in [0, 0.1) is 5.92 Å². The number of nitrogens with one attached hydrogen (secondary N) is 2. The number of methoxy groups -OCH3 is 1. The van der Waals surface area contributed by atoms with Crippen LogP contribution in [-0.4, -0.2) is 59.7 Å². The minimum Gasteiger partial charge on any atom is -0.496 e. The maximum Gasteiger partial charge on any atom is 0.225 e. The largest absolute Gasteiger partial charge is 0.496 e. The van der Waals surface area contributed by atoms with Crippen molar-refractivity contribution in [3.63, 3.8) is 0 Å². The number of aromatic nitrogens is 2. The number of H-pyrrole nitrogens is 1. The molecule has 1 atom stereocenters. The average Bonchev–Trinajstić information content (AvgIpc) is 3.43. The molecule has 3 aliphatic rings. The quantitative estimate of drug-likeness (QED) is 0.694. The molecule has 5 rings (SSSR count). The first-order chi connectivity index (χ1) is 15.6. The highest BCUT2D eigenvalue weighted by molar-refractivity contribution is 5.89. The molecule has 1 aromatic carbocycles. The number of aromatic amines is 1. The summed E-state index contributed by atoms with van der Waals surface area (Å²) in [5.41, 5.74) is 2.21. The van der Waals surface area contributed by atoms with Crippen molar-refractivity contribution in [2.24, 2.45) is 5.92 Å². The summed E-state index contributed by atoms with van der Waals surface area (Å²) in [5, 5.41) is 10.8. The zero-order valence-electron chi connectivity index (χ0n) is 18.5. The van der Waals surface area contributed by atoms with Crippen LogP contribution in [0.25, 0.3) is 0 Å². The molecule has 1 saturated carbocycles. The van der Waals surface area contributed by atoms with E-state index < -0.39 is 0 Å². The van der Waals surface area contributed by atoms with Gasteiger partial charge in [0.25, 0.3) is 0 Å². The second-order valence-electron chi connectivity index (χ2n) is 9.21. The Morgan fingerprint density at radius 3 is 2.75 bits per heavy atom. The van der Waals surface area contributed by atoms with Crippen molar-refractivity contribution >= 4 is 17.6 Å². The zero-order chi connectivity index (χ0) is 22.1. The van der Waals surface area contributed by atoms with E-state index in [1.807, 2.05) is 24.3 Å². The summed E-state index contributed by atoms with van der Waals surface area (Å²) < 4.78 is 5.39. The first kappa shape index (κ1) is 20.8. The highest BCUT2D eigenvalue weighted by atomic mass is 16.5. The van der Waals surface area contributed by atoms with Gasteiger partial charge in [0.1, 0.15) is 5.75 Å². The van der Waals surface area contributed by atoms with Gasteiger partial charge in [-0.2, -0.15) is 5.10 Å². The number of likely N-dealkylation sites (tertiary alicyclic amines) is 1. The third-order valence-electron chi connectivity index (χ3n) is 6.91. The number of carbonyl (C=O) groups is 2. The Balaban J connectivity index is 1.11. The number of amides is 2. The van der Waals surface area contributed by atoms with Crippen LogP contribution < -0.4 is 15.0 Å². The molecular weight excluding hydrogens is 406 g/mol. The Morgan fingerprint density at radius 1 is 1.22 bits per heavy atom. The monoisotopic (exact) mass is 437 g/mol. The first-order valence-electron chi connectivity index (χ1n) is 11.6. The number of carbonyl (C=O) groups excluding carboxylic acids is 2. The molecule has 3 fully saturated rings. The summed E-state index contributed by atoms with van der Waals surface area (Å²) in [6, 6.07) is 10.0. The molecule has 0 bridgehead atoms. The molecule has 2 N–H and O–H groups in total. The zero-order valence-corrected chi connectivity index (χ0v) is 18.5. The van der Waals surface area contributed by atoms with Crippen molar-refractivity contribution in [2.45, 2.75) is 50.6 Å². The van der Waals surface area contributed by atoms with Gasteiger partial charge < -0.3 is 19.9 Å². The summed E-state index contributed by atoms with van der Waals surface area (Å²) in [4.78, 5) is 29.5. The number of nitrogens with zero attached hydrogens (tertiary/aromatic N) is 3. The molecule has 2 saturated heterocycles. The predicted molar refractivity (Wildman–Crippen MR) is 120 cm³/mol. The van der Waals surface area contributed by atoms with E-state index in [9.17, 15) is 9.59 Å². The van der Waals surface area contributed by atoms with Crippen LogP contribution in [0.3, 0.4) is 0 Å². The lowest BCUT2D eigenvalue weighted by Gasteiger charge is -2.32.